The molecule has 0 spiro atoms. The quantitative estimate of drug-likeness (QED) is 0.852. The van der Waals surface area contributed by atoms with E-state index in [9.17, 15) is 0 Å². The zero-order chi connectivity index (χ0) is 14.7. The SMILES string of the molecule is CCNc1ncnc(NC2CC2c2ccccc2)c1CC. The van der Waals surface area contributed by atoms with Gasteiger partial charge in [0, 0.05) is 24.1 Å². The zero-order valence-corrected chi connectivity index (χ0v) is 12.6. The van der Waals surface area contributed by atoms with Crippen molar-refractivity contribution in [2.24, 2.45) is 0 Å². The van der Waals surface area contributed by atoms with Gasteiger partial charge in [-0.25, -0.2) is 9.97 Å². The first-order chi connectivity index (χ1) is 10.3. The van der Waals surface area contributed by atoms with E-state index in [0.29, 0.717) is 12.0 Å². The van der Waals surface area contributed by atoms with Gasteiger partial charge in [-0.1, -0.05) is 37.3 Å². The molecule has 2 aromatic rings. The van der Waals surface area contributed by atoms with Crippen molar-refractivity contribution < 1.29 is 0 Å². The smallest absolute Gasteiger partial charge is 0.134 e. The molecular weight excluding hydrogens is 260 g/mol. The average molecular weight is 282 g/mol. The molecule has 1 aliphatic rings. The normalized spacial score (nSPS) is 20.1. The Balaban J connectivity index is 1.73. The Hall–Kier alpha value is -2.10. The van der Waals surface area contributed by atoms with Crippen LogP contribution >= 0.6 is 0 Å². The van der Waals surface area contributed by atoms with E-state index in [4.69, 9.17) is 0 Å². The van der Waals surface area contributed by atoms with Crippen molar-refractivity contribution in [2.75, 3.05) is 17.2 Å². The lowest BCUT2D eigenvalue weighted by Crippen LogP contribution is -2.12. The predicted octanol–water partition coefficient (Wildman–Crippen LogP) is 3.44. The Morgan fingerprint density at radius 2 is 1.86 bits per heavy atom. The molecule has 21 heavy (non-hydrogen) atoms. The fraction of sp³-hybridized carbons (Fsp3) is 0.412. The summed E-state index contributed by atoms with van der Waals surface area (Å²) in [7, 11) is 0. The lowest BCUT2D eigenvalue weighted by molar-refractivity contribution is 0.979. The van der Waals surface area contributed by atoms with Crippen LogP contribution in [-0.2, 0) is 6.42 Å². The van der Waals surface area contributed by atoms with Crippen LogP contribution < -0.4 is 10.6 Å². The van der Waals surface area contributed by atoms with Crippen LogP contribution in [-0.4, -0.2) is 22.6 Å². The van der Waals surface area contributed by atoms with Gasteiger partial charge in [-0.15, -0.1) is 0 Å². The molecule has 0 aliphatic heterocycles. The first-order valence-electron chi connectivity index (χ1n) is 7.72. The molecule has 0 radical (unpaired) electrons. The highest BCUT2D eigenvalue weighted by molar-refractivity contribution is 5.58. The van der Waals surface area contributed by atoms with E-state index in [1.54, 1.807) is 6.33 Å². The lowest BCUT2D eigenvalue weighted by Gasteiger charge is -2.13. The maximum Gasteiger partial charge on any atom is 0.134 e. The highest BCUT2D eigenvalue weighted by atomic mass is 15.1. The third-order valence-electron chi connectivity index (χ3n) is 3.98. The minimum Gasteiger partial charge on any atom is -0.370 e. The molecule has 1 aromatic heterocycles. The van der Waals surface area contributed by atoms with E-state index in [-0.39, 0.29) is 0 Å². The Morgan fingerprint density at radius 1 is 1.10 bits per heavy atom. The molecule has 3 rings (SSSR count). The van der Waals surface area contributed by atoms with Crippen molar-refractivity contribution in [3.05, 3.63) is 47.8 Å². The minimum atomic E-state index is 0.488. The lowest BCUT2D eigenvalue weighted by atomic mass is 10.1. The largest absolute Gasteiger partial charge is 0.370 e. The number of benzene rings is 1. The predicted molar refractivity (Wildman–Crippen MR) is 86.8 cm³/mol. The van der Waals surface area contributed by atoms with Crippen LogP contribution in [0.5, 0.6) is 0 Å². The average Bonchev–Trinajstić information content (AvgIpc) is 3.28. The van der Waals surface area contributed by atoms with Crippen LogP contribution in [0.2, 0.25) is 0 Å². The molecule has 2 unspecified atom stereocenters. The second-order valence-corrected chi connectivity index (χ2v) is 5.44. The molecule has 4 nitrogen and oxygen atoms in total. The molecule has 4 heteroatoms. The minimum absolute atomic E-state index is 0.488. The molecule has 0 saturated heterocycles. The van der Waals surface area contributed by atoms with Crippen LogP contribution in [0.1, 0.15) is 37.3 Å². The van der Waals surface area contributed by atoms with Crippen LogP contribution in [0.3, 0.4) is 0 Å². The highest BCUT2D eigenvalue weighted by Gasteiger charge is 2.38. The van der Waals surface area contributed by atoms with Gasteiger partial charge in [-0.3, -0.25) is 0 Å². The Bertz CT molecular complexity index is 597. The molecule has 1 fully saturated rings. The summed E-state index contributed by atoms with van der Waals surface area (Å²) in [6.45, 7) is 5.10. The Labute approximate surface area is 126 Å². The van der Waals surface area contributed by atoms with Crippen molar-refractivity contribution in [2.45, 2.75) is 38.6 Å². The Morgan fingerprint density at radius 3 is 2.57 bits per heavy atom. The van der Waals surface area contributed by atoms with Crippen molar-refractivity contribution in [1.29, 1.82) is 0 Å². The summed E-state index contributed by atoms with van der Waals surface area (Å²) < 4.78 is 0. The second-order valence-electron chi connectivity index (χ2n) is 5.44. The molecule has 1 saturated carbocycles. The van der Waals surface area contributed by atoms with Gasteiger partial charge in [0.25, 0.3) is 0 Å². The van der Waals surface area contributed by atoms with Crippen molar-refractivity contribution in [3.63, 3.8) is 0 Å². The molecule has 1 aromatic carbocycles. The fourth-order valence-electron chi connectivity index (χ4n) is 2.79. The Kier molecular flexibility index (Phi) is 4.04. The number of aromatic nitrogens is 2. The van der Waals surface area contributed by atoms with Gasteiger partial charge in [-0.05, 0) is 25.3 Å². The maximum absolute atomic E-state index is 4.44. The van der Waals surface area contributed by atoms with E-state index in [2.05, 4.69) is 64.8 Å². The monoisotopic (exact) mass is 282 g/mol. The van der Waals surface area contributed by atoms with Gasteiger partial charge in [0.05, 0.1) is 0 Å². The third-order valence-corrected chi connectivity index (χ3v) is 3.98. The van der Waals surface area contributed by atoms with Crippen molar-refractivity contribution >= 4 is 11.6 Å². The number of hydrogen-bond donors (Lipinski definition) is 2. The molecule has 2 atom stereocenters. The number of nitrogens with zero attached hydrogens (tertiary/aromatic N) is 2. The zero-order valence-electron chi connectivity index (χ0n) is 12.6. The summed E-state index contributed by atoms with van der Waals surface area (Å²) >= 11 is 0. The molecule has 2 N–H and O–H groups in total. The van der Waals surface area contributed by atoms with Gasteiger partial charge in [0.2, 0.25) is 0 Å². The second kappa shape index (κ2) is 6.12. The van der Waals surface area contributed by atoms with Gasteiger partial charge >= 0.3 is 0 Å². The van der Waals surface area contributed by atoms with Crippen LogP contribution in [0.4, 0.5) is 11.6 Å². The summed E-state index contributed by atoms with van der Waals surface area (Å²) in [6.07, 6.45) is 3.74. The highest BCUT2D eigenvalue weighted by Crippen LogP contribution is 2.43. The molecular formula is C17H22N4. The topological polar surface area (TPSA) is 49.8 Å². The molecule has 1 aliphatic carbocycles. The third kappa shape index (κ3) is 2.99. The van der Waals surface area contributed by atoms with Gasteiger partial charge in [0.15, 0.2) is 0 Å². The van der Waals surface area contributed by atoms with E-state index in [0.717, 1.165) is 24.6 Å². The van der Waals surface area contributed by atoms with Crippen LogP contribution in [0, 0.1) is 0 Å². The van der Waals surface area contributed by atoms with Crippen molar-refractivity contribution in [1.82, 2.24) is 9.97 Å². The van der Waals surface area contributed by atoms with Crippen LogP contribution in [0.15, 0.2) is 36.7 Å². The van der Waals surface area contributed by atoms with Gasteiger partial charge in [-0.2, -0.15) is 0 Å². The molecule has 0 amide bonds. The number of anilines is 2. The first-order valence-corrected chi connectivity index (χ1v) is 7.72. The summed E-state index contributed by atoms with van der Waals surface area (Å²) in [5.74, 6) is 2.54. The van der Waals surface area contributed by atoms with E-state index in [1.165, 1.54) is 17.5 Å². The van der Waals surface area contributed by atoms with Crippen LogP contribution in [0.25, 0.3) is 0 Å². The van der Waals surface area contributed by atoms with E-state index < -0.39 is 0 Å². The summed E-state index contributed by atoms with van der Waals surface area (Å²) in [5, 5.41) is 6.90. The van der Waals surface area contributed by atoms with Gasteiger partial charge < -0.3 is 10.6 Å². The standard InChI is InChI=1S/C17H22N4/c1-3-13-16(18-4-2)19-11-20-17(13)21-15-10-14(15)12-8-6-5-7-9-12/h5-9,11,14-15H,3-4,10H2,1-2H3,(H2,18,19,20,21). The maximum atomic E-state index is 4.44. The molecule has 1 heterocycles. The summed E-state index contributed by atoms with van der Waals surface area (Å²) in [6, 6.07) is 11.2. The van der Waals surface area contributed by atoms with Crippen molar-refractivity contribution in [3.8, 4) is 0 Å². The number of rotatable bonds is 6. The molecule has 110 valence electrons. The number of hydrogen-bond acceptors (Lipinski definition) is 4. The van der Waals surface area contributed by atoms with Gasteiger partial charge in [0.1, 0.15) is 18.0 Å². The first kappa shape index (κ1) is 13.9. The number of nitrogens with one attached hydrogen (secondary N) is 2. The summed E-state index contributed by atoms with van der Waals surface area (Å²) in [5.41, 5.74) is 2.59. The summed E-state index contributed by atoms with van der Waals surface area (Å²) in [4.78, 5) is 8.78. The van der Waals surface area contributed by atoms with E-state index >= 15 is 0 Å². The fourth-order valence-corrected chi connectivity index (χ4v) is 2.79. The van der Waals surface area contributed by atoms with E-state index in [1.807, 2.05) is 0 Å². The molecule has 0 bridgehead atoms.